The third-order valence-corrected chi connectivity index (χ3v) is 5.37. The monoisotopic (exact) mass is 427 g/mol. The number of carbonyl (C=O) groups is 1. The Morgan fingerprint density at radius 2 is 2.19 bits per heavy atom. The van der Waals surface area contributed by atoms with E-state index in [1.807, 2.05) is 17.5 Å². The van der Waals surface area contributed by atoms with Crippen LogP contribution < -0.4 is 5.32 Å². The molecule has 0 aliphatic heterocycles. The molecule has 0 bridgehead atoms. The van der Waals surface area contributed by atoms with Gasteiger partial charge in [0.2, 0.25) is 17.6 Å². The summed E-state index contributed by atoms with van der Waals surface area (Å²) in [5.74, 6) is 0.293. The van der Waals surface area contributed by atoms with Gasteiger partial charge in [-0.15, -0.1) is 11.3 Å². The molecule has 1 amide bonds. The Kier molecular flexibility index (Phi) is 6.46. The van der Waals surface area contributed by atoms with Crippen LogP contribution in [-0.4, -0.2) is 16.0 Å². The maximum absolute atomic E-state index is 13.6. The van der Waals surface area contributed by atoms with Crippen LogP contribution in [0.1, 0.15) is 37.3 Å². The summed E-state index contributed by atoms with van der Waals surface area (Å²) in [7, 11) is 0. The highest BCUT2D eigenvalue weighted by atomic mass is 35.5. The Morgan fingerprint density at radius 1 is 1.37 bits per heavy atom. The van der Waals surface area contributed by atoms with Gasteiger partial charge in [-0.1, -0.05) is 34.4 Å². The van der Waals surface area contributed by atoms with Crippen molar-refractivity contribution in [3.05, 3.63) is 57.0 Å². The number of hydrogen-bond acceptors (Lipinski definition) is 5. The minimum absolute atomic E-state index is 0.0521. The van der Waals surface area contributed by atoms with E-state index < -0.39 is 11.9 Å². The van der Waals surface area contributed by atoms with Crippen LogP contribution in [-0.2, 0) is 11.2 Å². The number of nitrogens with zero attached hydrogens (tertiary/aromatic N) is 2. The van der Waals surface area contributed by atoms with E-state index >= 15 is 0 Å². The second-order valence-corrected chi connectivity index (χ2v) is 7.68. The lowest BCUT2D eigenvalue weighted by molar-refractivity contribution is -0.121. The quantitative estimate of drug-likeness (QED) is 0.509. The van der Waals surface area contributed by atoms with Gasteiger partial charge in [0.1, 0.15) is 5.82 Å². The zero-order valence-electron chi connectivity index (χ0n) is 14.3. The third kappa shape index (κ3) is 5.06. The maximum atomic E-state index is 13.6. The van der Waals surface area contributed by atoms with Crippen LogP contribution in [0, 0.1) is 5.82 Å². The Labute approximate surface area is 169 Å². The molecular formula is C18H16Cl2FN3O2S. The van der Waals surface area contributed by atoms with Crippen LogP contribution in [0.5, 0.6) is 0 Å². The van der Waals surface area contributed by atoms with Crippen molar-refractivity contribution in [2.75, 3.05) is 0 Å². The number of amides is 1. The molecule has 27 heavy (non-hydrogen) atoms. The molecule has 1 aromatic carbocycles. The van der Waals surface area contributed by atoms with Crippen LogP contribution in [0.4, 0.5) is 4.39 Å². The summed E-state index contributed by atoms with van der Waals surface area (Å²) in [5.41, 5.74) is 0.476. The molecule has 0 saturated heterocycles. The van der Waals surface area contributed by atoms with Gasteiger partial charge < -0.3 is 9.84 Å². The van der Waals surface area contributed by atoms with Crippen LogP contribution >= 0.6 is 34.5 Å². The van der Waals surface area contributed by atoms with Gasteiger partial charge in [-0.05, 0) is 42.5 Å². The lowest BCUT2D eigenvalue weighted by Crippen LogP contribution is -2.26. The fourth-order valence-corrected chi connectivity index (χ4v) is 3.72. The van der Waals surface area contributed by atoms with Gasteiger partial charge in [-0.25, -0.2) is 4.39 Å². The molecule has 0 saturated carbocycles. The highest BCUT2D eigenvalue weighted by Crippen LogP contribution is 2.28. The van der Waals surface area contributed by atoms with Crippen molar-refractivity contribution in [2.24, 2.45) is 0 Å². The van der Waals surface area contributed by atoms with Crippen LogP contribution in [0.25, 0.3) is 10.7 Å². The Hall–Kier alpha value is -1.96. The van der Waals surface area contributed by atoms with Gasteiger partial charge >= 0.3 is 0 Å². The lowest BCUT2D eigenvalue weighted by Gasteiger charge is -2.16. The van der Waals surface area contributed by atoms with Gasteiger partial charge in [-0.2, -0.15) is 4.98 Å². The van der Waals surface area contributed by atoms with E-state index in [0.717, 1.165) is 4.88 Å². The van der Waals surface area contributed by atoms with Crippen molar-refractivity contribution in [2.45, 2.75) is 32.2 Å². The summed E-state index contributed by atoms with van der Waals surface area (Å²) in [4.78, 5) is 17.4. The van der Waals surface area contributed by atoms with E-state index in [1.165, 1.54) is 23.5 Å². The molecule has 1 atom stereocenters. The molecule has 5 nitrogen and oxygen atoms in total. The minimum atomic E-state index is -0.574. The van der Waals surface area contributed by atoms with E-state index in [0.29, 0.717) is 35.1 Å². The van der Waals surface area contributed by atoms with E-state index in [4.69, 9.17) is 27.7 Å². The van der Waals surface area contributed by atoms with Crippen molar-refractivity contribution in [3.8, 4) is 10.7 Å². The first kappa shape index (κ1) is 19.8. The first-order chi connectivity index (χ1) is 12.9. The molecule has 0 spiro atoms. The number of carbonyl (C=O) groups excluding carboxylic acids is 1. The summed E-state index contributed by atoms with van der Waals surface area (Å²) in [5, 5.41) is 8.93. The molecule has 3 aromatic rings. The van der Waals surface area contributed by atoms with E-state index in [9.17, 15) is 9.18 Å². The lowest BCUT2D eigenvalue weighted by atomic mass is 10.1. The molecule has 9 heteroatoms. The topological polar surface area (TPSA) is 68.0 Å². The van der Waals surface area contributed by atoms with E-state index in [2.05, 4.69) is 15.5 Å². The largest absolute Gasteiger partial charge is 0.350 e. The van der Waals surface area contributed by atoms with E-state index in [-0.39, 0.29) is 17.4 Å². The molecule has 2 heterocycles. The summed E-state index contributed by atoms with van der Waals surface area (Å²) >= 11 is 13.3. The average Bonchev–Trinajstić information content (AvgIpc) is 3.29. The summed E-state index contributed by atoms with van der Waals surface area (Å²) in [6.45, 7) is 1.73. The molecule has 2 aromatic heterocycles. The van der Waals surface area contributed by atoms with Gasteiger partial charge in [-0.3, -0.25) is 4.79 Å². The number of nitrogens with one attached hydrogen (secondary N) is 1. The molecule has 1 N–H and O–H groups in total. The first-order valence-corrected chi connectivity index (χ1v) is 9.88. The predicted molar refractivity (Wildman–Crippen MR) is 104 cm³/mol. The number of halogens is 3. The fraction of sp³-hybridized carbons (Fsp3) is 0.278. The molecule has 3 rings (SSSR count). The molecular weight excluding hydrogens is 412 g/mol. The highest BCUT2D eigenvalue weighted by Gasteiger charge is 2.16. The zero-order valence-corrected chi connectivity index (χ0v) is 16.7. The van der Waals surface area contributed by atoms with Gasteiger partial charge in [0.25, 0.3) is 0 Å². The molecule has 142 valence electrons. The number of thiophene rings is 1. The molecule has 0 radical (unpaired) electrons. The number of aryl methyl sites for hydroxylation is 1. The summed E-state index contributed by atoms with van der Waals surface area (Å²) in [6.07, 6.45) is 1.32. The van der Waals surface area contributed by atoms with Crippen molar-refractivity contribution >= 4 is 40.4 Å². The summed E-state index contributed by atoms with van der Waals surface area (Å²) < 4.78 is 18.8. The number of hydrogen-bond donors (Lipinski definition) is 1. The molecule has 0 fully saturated rings. The fourth-order valence-electron chi connectivity index (χ4n) is 2.52. The average molecular weight is 428 g/mol. The second kappa shape index (κ2) is 8.82. The maximum Gasteiger partial charge on any atom is 0.226 e. The smallest absolute Gasteiger partial charge is 0.226 e. The number of benzene rings is 1. The molecule has 1 unspecified atom stereocenters. The van der Waals surface area contributed by atoms with Crippen LogP contribution in [0.3, 0.4) is 0 Å². The minimum Gasteiger partial charge on any atom is -0.350 e. The van der Waals surface area contributed by atoms with Gasteiger partial charge in [0, 0.05) is 17.9 Å². The molecule has 0 aliphatic carbocycles. The van der Waals surface area contributed by atoms with Crippen LogP contribution in [0.15, 0.2) is 34.2 Å². The van der Waals surface area contributed by atoms with E-state index in [1.54, 1.807) is 6.92 Å². The summed E-state index contributed by atoms with van der Waals surface area (Å²) in [6, 6.07) is 5.96. The van der Waals surface area contributed by atoms with Crippen LogP contribution in [0.2, 0.25) is 10.0 Å². The number of rotatable bonds is 7. The third-order valence-electron chi connectivity index (χ3n) is 3.89. The predicted octanol–water partition coefficient (Wildman–Crippen LogP) is 5.44. The zero-order chi connectivity index (χ0) is 19.4. The second-order valence-electron chi connectivity index (χ2n) is 5.92. The Balaban J connectivity index is 1.49. The standard InChI is InChI=1S/C18H16Cl2FN3O2S/c1-10(11-8-14(21)13(20)9-12(11)19)22-16(25)5-2-6-17-23-18(24-26-17)15-4-3-7-27-15/h3-4,7-10H,2,5-6H2,1H3,(H,22,25). The van der Waals surface area contributed by atoms with Crippen molar-refractivity contribution < 1.29 is 13.7 Å². The first-order valence-electron chi connectivity index (χ1n) is 8.24. The SMILES string of the molecule is CC(NC(=O)CCCc1nc(-c2cccs2)no1)c1cc(F)c(Cl)cc1Cl. The van der Waals surface area contributed by atoms with Gasteiger partial charge in [0.05, 0.1) is 15.9 Å². The Bertz CT molecular complexity index is 931. The normalized spacial score (nSPS) is 12.1. The van der Waals surface area contributed by atoms with Crippen molar-refractivity contribution in [1.29, 1.82) is 0 Å². The Morgan fingerprint density at radius 3 is 2.93 bits per heavy atom. The highest BCUT2D eigenvalue weighted by molar-refractivity contribution is 7.13. The van der Waals surface area contributed by atoms with Gasteiger partial charge in [0.15, 0.2) is 0 Å². The van der Waals surface area contributed by atoms with Crippen molar-refractivity contribution in [3.63, 3.8) is 0 Å². The number of aromatic nitrogens is 2. The molecule has 0 aliphatic rings. The van der Waals surface area contributed by atoms with Crippen molar-refractivity contribution in [1.82, 2.24) is 15.5 Å².